The second-order valence-electron chi connectivity index (χ2n) is 10.8. The number of quaternary nitrogens is 1. The van der Waals surface area contributed by atoms with Crippen molar-refractivity contribution in [3.8, 4) is 0 Å². The summed E-state index contributed by atoms with van der Waals surface area (Å²) in [6.45, 7) is 0. The van der Waals surface area contributed by atoms with E-state index in [1.807, 2.05) is 35.0 Å². The molecule has 4 nitrogen and oxygen atoms in total. The third kappa shape index (κ3) is 4.04. The number of likely N-dealkylation sites (N-methyl/N-ethyl adjacent to an activating group) is 1. The number of thiophene rings is 2. The number of ether oxygens (including phenoxy) is 1. The molecule has 3 aromatic rings. The van der Waals surface area contributed by atoms with Gasteiger partial charge in [0.2, 0.25) is 5.60 Å². The molecule has 0 amide bonds. The van der Waals surface area contributed by atoms with Crippen LogP contribution in [0, 0.1) is 11.8 Å². The molecule has 0 saturated heterocycles. The van der Waals surface area contributed by atoms with Crippen molar-refractivity contribution < 1.29 is 36.1 Å². The predicted octanol–water partition coefficient (Wildman–Crippen LogP) is 2.00. The van der Waals surface area contributed by atoms with Crippen LogP contribution in [0.4, 0.5) is 0 Å². The summed E-state index contributed by atoms with van der Waals surface area (Å²) >= 11 is 2.80. The van der Waals surface area contributed by atoms with Crippen molar-refractivity contribution in [3.63, 3.8) is 0 Å². The van der Waals surface area contributed by atoms with Crippen LogP contribution in [0.25, 0.3) is 0 Å². The van der Waals surface area contributed by atoms with Gasteiger partial charge in [-0.15, -0.1) is 22.7 Å². The Balaban J connectivity index is 0.00000253. The molecule has 2 heterocycles. The number of fused-ring (bicyclic) bond motifs is 3. The number of benzene rings is 1. The van der Waals surface area contributed by atoms with E-state index in [1.54, 1.807) is 0 Å². The Morgan fingerprint density at radius 3 is 2.11 bits per heavy atom. The van der Waals surface area contributed by atoms with Gasteiger partial charge in [0, 0.05) is 24.7 Å². The molecule has 4 atom stereocenters. The van der Waals surface area contributed by atoms with Crippen LogP contribution in [0.5, 0.6) is 0 Å². The Bertz CT molecular complexity index is 1120. The number of carbonyl (C=O) groups excluding carboxylic acids is 1. The fourth-order valence-corrected chi connectivity index (χ4v) is 8.88. The largest absolute Gasteiger partial charge is 1.00 e. The molecule has 0 aliphatic heterocycles. The molecule has 7 heteroatoms. The third-order valence-corrected chi connectivity index (χ3v) is 10.8. The maximum Gasteiger partial charge on any atom is 0.349 e. The van der Waals surface area contributed by atoms with Crippen molar-refractivity contribution >= 4 is 28.6 Å². The van der Waals surface area contributed by atoms with Gasteiger partial charge in [0.1, 0.15) is 6.10 Å². The molecule has 3 aliphatic carbocycles. The maximum atomic E-state index is 13.6. The van der Waals surface area contributed by atoms with E-state index in [-0.39, 0.29) is 23.1 Å². The summed E-state index contributed by atoms with van der Waals surface area (Å²) < 4.78 is 7.21. The van der Waals surface area contributed by atoms with Gasteiger partial charge < -0.3 is 31.3 Å². The van der Waals surface area contributed by atoms with E-state index in [1.165, 1.54) is 40.2 Å². The van der Waals surface area contributed by atoms with Gasteiger partial charge in [-0.1, -0.05) is 36.4 Å². The molecule has 35 heavy (non-hydrogen) atoms. The Kier molecular flexibility index (Phi) is 6.77. The molecule has 4 unspecified atom stereocenters. The number of nitrogens with zero attached hydrogens (tertiary/aromatic N) is 1. The highest BCUT2D eigenvalue weighted by Gasteiger charge is 2.59. The molecule has 1 aromatic carbocycles. The summed E-state index contributed by atoms with van der Waals surface area (Å²) in [5.41, 5.74) is 1.25. The van der Waals surface area contributed by atoms with Crippen LogP contribution in [0.15, 0.2) is 59.3 Å². The van der Waals surface area contributed by atoms with E-state index < -0.39 is 11.6 Å². The Morgan fingerprint density at radius 2 is 1.57 bits per heavy atom. The van der Waals surface area contributed by atoms with Crippen molar-refractivity contribution in [2.45, 2.75) is 55.9 Å². The third-order valence-electron chi connectivity index (χ3n) is 8.85. The molecular formula is C28H32BrNO3S2. The van der Waals surface area contributed by atoms with E-state index in [0.717, 1.165) is 30.2 Å². The summed E-state index contributed by atoms with van der Waals surface area (Å²) in [6, 6.07) is 17.3. The van der Waals surface area contributed by atoms with Crippen LogP contribution < -0.4 is 17.0 Å². The van der Waals surface area contributed by atoms with Crippen molar-refractivity contribution in [1.29, 1.82) is 0 Å². The zero-order chi connectivity index (χ0) is 23.5. The fraction of sp³-hybridized carbons (Fsp3) is 0.464. The highest BCUT2D eigenvalue weighted by Crippen LogP contribution is 2.52. The monoisotopic (exact) mass is 573 g/mol. The average molecular weight is 575 g/mol. The fourth-order valence-electron chi connectivity index (χ4n) is 7.17. The molecule has 2 aromatic heterocycles. The molecule has 186 valence electrons. The smallest absolute Gasteiger partial charge is 0.349 e. The minimum Gasteiger partial charge on any atom is -1.00 e. The molecular weight excluding hydrogens is 542 g/mol. The van der Waals surface area contributed by atoms with Gasteiger partial charge in [-0.05, 0) is 53.3 Å². The number of carbonyl (C=O) groups is 1. The normalized spacial score (nSPS) is 25.9. The number of esters is 1. The topological polar surface area (TPSA) is 46.5 Å². The first-order chi connectivity index (χ1) is 16.4. The molecule has 0 spiro atoms. The van der Waals surface area contributed by atoms with Gasteiger partial charge in [-0.25, -0.2) is 4.79 Å². The standard InChI is InChI=1S/C28H32NO3S2.BrH/c1-29(2,21-15-18-7-3-4-8-19(18)16-21)26-20-11-12-22(26)23(17-20)32-27(30)28(31,24-9-5-13-33-24)25-10-6-14-34-25;/h3-10,13-14,20-23,26,31H,11-12,15-17H2,1-2H3;1H/q+1;/p-1. The lowest BCUT2D eigenvalue weighted by Gasteiger charge is -2.44. The van der Waals surface area contributed by atoms with E-state index >= 15 is 0 Å². The van der Waals surface area contributed by atoms with Gasteiger partial charge in [0.05, 0.1) is 35.9 Å². The first kappa shape index (κ1) is 25.2. The summed E-state index contributed by atoms with van der Waals surface area (Å²) in [4.78, 5) is 14.8. The Morgan fingerprint density at radius 1 is 0.971 bits per heavy atom. The van der Waals surface area contributed by atoms with Gasteiger partial charge >= 0.3 is 5.97 Å². The second-order valence-corrected chi connectivity index (χ2v) is 12.7. The van der Waals surface area contributed by atoms with E-state index in [9.17, 15) is 9.90 Å². The van der Waals surface area contributed by atoms with Crippen LogP contribution in [0.2, 0.25) is 0 Å². The van der Waals surface area contributed by atoms with Crippen molar-refractivity contribution in [2.24, 2.45) is 11.8 Å². The second kappa shape index (κ2) is 9.42. The molecule has 0 radical (unpaired) electrons. The zero-order valence-corrected chi connectivity index (χ0v) is 23.3. The van der Waals surface area contributed by atoms with E-state index in [0.29, 0.717) is 33.7 Å². The number of halogens is 1. The lowest BCUT2D eigenvalue weighted by Crippen LogP contribution is -3.00. The lowest BCUT2D eigenvalue weighted by atomic mass is 9.96. The van der Waals surface area contributed by atoms with Gasteiger partial charge in [0.25, 0.3) is 0 Å². The predicted molar refractivity (Wildman–Crippen MR) is 136 cm³/mol. The summed E-state index contributed by atoms with van der Waals surface area (Å²) in [6.07, 6.45) is 5.35. The average Bonchev–Trinajstić information content (AvgIpc) is 3.66. The number of rotatable bonds is 6. The molecule has 1 N–H and O–H groups in total. The Hall–Kier alpha value is -1.51. The van der Waals surface area contributed by atoms with E-state index in [4.69, 9.17) is 4.74 Å². The maximum absolute atomic E-state index is 13.6. The van der Waals surface area contributed by atoms with Gasteiger partial charge in [-0.3, -0.25) is 0 Å². The van der Waals surface area contributed by atoms with Crippen LogP contribution in [-0.2, 0) is 28.0 Å². The Labute approximate surface area is 225 Å². The quantitative estimate of drug-likeness (QED) is 0.362. The van der Waals surface area contributed by atoms with Gasteiger partial charge in [-0.2, -0.15) is 0 Å². The lowest BCUT2D eigenvalue weighted by molar-refractivity contribution is -0.942. The summed E-state index contributed by atoms with van der Waals surface area (Å²) in [7, 11) is 4.79. The minimum atomic E-state index is -1.73. The van der Waals surface area contributed by atoms with Crippen LogP contribution in [0.1, 0.15) is 40.1 Å². The molecule has 2 saturated carbocycles. The summed E-state index contributed by atoms with van der Waals surface area (Å²) in [5, 5.41) is 15.5. The number of aliphatic hydroxyl groups is 1. The van der Waals surface area contributed by atoms with Crippen LogP contribution >= 0.6 is 22.7 Å². The van der Waals surface area contributed by atoms with E-state index in [2.05, 4.69) is 38.4 Å². The SMILES string of the molecule is C[N+](C)(C1Cc2ccccc2C1)C1C2CCC1C(OC(=O)C(O)(c1cccs1)c1cccs1)C2.[Br-]. The minimum absolute atomic E-state index is 0. The first-order valence-corrected chi connectivity index (χ1v) is 14.1. The van der Waals surface area contributed by atoms with Crippen molar-refractivity contribution in [1.82, 2.24) is 0 Å². The molecule has 6 rings (SSSR count). The number of hydrogen-bond acceptors (Lipinski definition) is 5. The number of hydrogen-bond donors (Lipinski definition) is 1. The first-order valence-electron chi connectivity index (χ1n) is 12.3. The molecule has 3 aliphatic rings. The molecule has 2 bridgehead atoms. The van der Waals surface area contributed by atoms with Gasteiger partial charge in [0.15, 0.2) is 0 Å². The zero-order valence-electron chi connectivity index (χ0n) is 20.1. The van der Waals surface area contributed by atoms with Crippen molar-refractivity contribution in [2.75, 3.05) is 14.1 Å². The van der Waals surface area contributed by atoms with Crippen molar-refractivity contribution in [3.05, 3.63) is 80.2 Å². The van der Waals surface area contributed by atoms with Crippen LogP contribution in [-0.4, -0.2) is 47.8 Å². The molecule has 2 fully saturated rings. The summed E-state index contributed by atoms with van der Waals surface area (Å²) in [5.74, 6) is 0.397. The highest BCUT2D eigenvalue weighted by molar-refractivity contribution is 7.12. The highest BCUT2D eigenvalue weighted by atomic mass is 79.9. The van der Waals surface area contributed by atoms with Crippen LogP contribution in [0.3, 0.4) is 0 Å².